The Balaban J connectivity index is 1.96. The smallest absolute Gasteiger partial charge is 0.268 e. The summed E-state index contributed by atoms with van der Waals surface area (Å²) in [6.07, 6.45) is -0.00715. The Bertz CT molecular complexity index is 1600. The van der Waals surface area contributed by atoms with Gasteiger partial charge < -0.3 is 9.47 Å². The molecule has 2 heterocycles. The number of benzene rings is 2. The standard InChI is InChI=1S/C31H37NO7S/c1-19-8-10-20(11-9-19)40(36,37)32-22(12-14-27(34)30(2,3)4)29(24(33)13-15-28(35)31(5,6)7)21-16-25-26(17-23(21)32)39-18-38-25/h8-11,16-17H,12-15,18H2,1-7H3. The molecule has 1 aromatic heterocycles. The lowest BCUT2D eigenvalue weighted by Gasteiger charge is -2.18. The molecule has 0 bridgehead atoms. The van der Waals surface area contributed by atoms with Crippen LogP contribution in [0.25, 0.3) is 10.9 Å². The molecule has 4 rings (SSSR count). The zero-order valence-electron chi connectivity index (χ0n) is 24.2. The predicted octanol–water partition coefficient (Wildman–Crippen LogP) is 6.04. The summed E-state index contributed by atoms with van der Waals surface area (Å²) in [6.45, 7) is 12.6. The van der Waals surface area contributed by atoms with E-state index >= 15 is 0 Å². The molecule has 2 aromatic carbocycles. The maximum absolute atomic E-state index is 14.2. The molecule has 0 unspecified atom stereocenters. The number of carbonyl (C=O) groups is 3. The highest BCUT2D eigenvalue weighted by molar-refractivity contribution is 7.90. The third-order valence-electron chi connectivity index (χ3n) is 7.19. The monoisotopic (exact) mass is 567 g/mol. The van der Waals surface area contributed by atoms with Gasteiger partial charge in [-0.15, -0.1) is 0 Å². The van der Waals surface area contributed by atoms with Gasteiger partial charge in [0.1, 0.15) is 11.6 Å². The first-order valence-corrected chi connectivity index (χ1v) is 14.8. The number of aromatic nitrogens is 1. The van der Waals surface area contributed by atoms with E-state index < -0.39 is 20.9 Å². The van der Waals surface area contributed by atoms with E-state index in [-0.39, 0.29) is 71.5 Å². The molecule has 0 fully saturated rings. The van der Waals surface area contributed by atoms with E-state index in [1.807, 2.05) is 6.92 Å². The minimum Gasteiger partial charge on any atom is -0.454 e. The zero-order chi connectivity index (χ0) is 29.6. The van der Waals surface area contributed by atoms with Gasteiger partial charge in [0.05, 0.1) is 10.4 Å². The summed E-state index contributed by atoms with van der Waals surface area (Å²) in [6, 6.07) is 9.65. The summed E-state index contributed by atoms with van der Waals surface area (Å²) in [4.78, 5) is 39.5. The molecular weight excluding hydrogens is 530 g/mol. The first kappa shape index (κ1) is 29.5. The van der Waals surface area contributed by atoms with Gasteiger partial charge in [-0.05, 0) is 31.5 Å². The molecule has 8 nitrogen and oxygen atoms in total. The average molecular weight is 568 g/mol. The fourth-order valence-electron chi connectivity index (χ4n) is 4.66. The van der Waals surface area contributed by atoms with Crippen LogP contribution in [0.4, 0.5) is 0 Å². The van der Waals surface area contributed by atoms with Crippen LogP contribution < -0.4 is 9.47 Å². The quantitative estimate of drug-likeness (QED) is 0.290. The second-order valence-electron chi connectivity index (χ2n) is 12.4. The maximum Gasteiger partial charge on any atom is 0.268 e. The van der Waals surface area contributed by atoms with Crippen LogP contribution in [0.2, 0.25) is 0 Å². The number of hydrogen-bond donors (Lipinski definition) is 0. The topological polar surface area (TPSA) is 109 Å². The molecule has 214 valence electrons. The van der Waals surface area contributed by atoms with Crippen molar-refractivity contribution in [2.75, 3.05) is 6.79 Å². The van der Waals surface area contributed by atoms with Crippen LogP contribution in [0.5, 0.6) is 11.5 Å². The average Bonchev–Trinajstić information content (AvgIpc) is 3.44. The Labute approximate surface area is 235 Å². The van der Waals surface area contributed by atoms with Gasteiger partial charge >= 0.3 is 0 Å². The summed E-state index contributed by atoms with van der Waals surface area (Å²) >= 11 is 0. The molecule has 40 heavy (non-hydrogen) atoms. The fraction of sp³-hybridized carbons (Fsp3) is 0.452. The molecule has 3 aromatic rings. The number of hydrogen-bond acceptors (Lipinski definition) is 7. The van der Waals surface area contributed by atoms with Gasteiger partial charge in [0.2, 0.25) is 6.79 Å². The number of ketones is 3. The second kappa shape index (κ2) is 10.5. The molecule has 0 atom stereocenters. The number of nitrogens with zero attached hydrogens (tertiary/aromatic N) is 1. The van der Waals surface area contributed by atoms with Crippen molar-refractivity contribution in [2.45, 2.75) is 79.0 Å². The van der Waals surface area contributed by atoms with Crippen LogP contribution in [0, 0.1) is 17.8 Å². The van der Waals surface area contributed by atoms with E-state index in [9.17, 15) is 22.8 Å². The van der Waals surface area contributed by atoms with Gasteiger partial charge in [0, 0.05) is 52.8 Å². The molecule has 0 amide bonds. The van der Waals surface area contributed by atoms with Crippen molar-refractivity contribution >= 4 is 38.3 Å². The number of carbonyl (C=O) groups excluding carboxylic acids is 3. The second-order valence-corrected chi connectivity index (χ2v) is 14.2. The van der Waals surface area contributed by atoms with Crippen LogP contribution in [-0.4, -0.2) is 36.5 Å². The van der Waals surface area contributed by atoms with Crippen molar-refractivity contribution in [3.63, 3.8) is 0 Å². The summed E-state index contributed by atoms with van der Waals surface area (Å²) < 4.78 is 40.7. The molecule has 1 aliphatic rings. The Kier molecular flexibility index (Phi) is 7.75. The third kappa shape index (κ3) is 5.70. The Morgan fingerprint density at radius 2 is 1.38 bits per heavy atom. The van der Waals surface area contributed by atoms with Gasteiger partial charge in [0.15, 0.2) is 17.3 Å². The summed E-state index contributed by atoms with van der Waals surface area (Å²) in [5.74, 6) is 0.267. The molecule has 0 spiro atoms. The highest BCUT2D eigenvalue weighted by atomic mass is 32.2. The van der Waals surface area contributed by atoms with Gasteiger partial charge in [0.25, 0.3) is 10.0 Å². The molecule has 0 saturated heterocycles. The van der Waals surface area contributed by atoms with Crippen molar-refractivity contribution in [3.8, 4) is 11.5 Å². The molecule has 0 radical (unpaired) electrons. The lowest BCUT2D eigenvalue weighted by atomic mass is 9.86. The summed E-state index contributed by atoms with van der Waals surface area (Å²) in [5, 5.41) is 0.381. The lowest BCUT2D eigenvalue weighted by Crippen LogP contribution is -2.23. The van der Waals surface area contributed by atoms with Gasteiger partial charge in [-0.3, -0.25) is 14.4 Å². The summed E-state index contributed by atoms with van der Waals surface area (Å²) in [5.41, 5.74) is 0.302. The summed E-state index contributed by atoms with van der Waals surface area (Å²) in [7, 11) is -4.19. The van der Waals surface area contributed by atoms with Crippen LogP contribution in [0.1, 0.15) is 82.4 Å². The van der Waals surface area contributed by atoms with Crippen molar-refractivity contribution in [1.82, 2.24) is 3.97 Å². The molecule has 0 N–H and O–H groups in total. The normalized spacial score (nSPS) is 13.6. The zero-order valence-corrected chi connectivity index (χ0v) is 25.0. The van der Waals surface area contributed by atoms with Crippen LogP contribution in [0.3, 0.4) is 0 Å². The van der Waals surface area contributed by atoms with Gasteiger partial charge in [-0.1, -0.05) is 59.2 Å². The Hall–Kier alpha value is -3.46. The van der Waals surface area contributed by atoms with Crippen molar-refractivity contribution < 1.29 is 32.3 Å². The Morgan fingerprint density at radius 1 is 0.825 bits per heavy atom. The largest absolute Gasteiger partial charge is 0.454 e. The van der Waals surface area contributed by atoms with Gasteiger partial charge in [-0.2, -0.15) is 0 Å². The first-order chi connectivity index (χ1) is 18.5. The lowest BCUT2D eigenvalue weighted by molar-refractivity contribution is -0.126. The van der Waals surface area contributed by atoms with Crippen LogP contribution in [0.15, 0.2) is 41.3 Å². The minimum atomic E-state index is -4.19. The molecule has 9 heteroatoms. The van der Waals surface area contributed by atoms with Crippen LogP contribution >= 0.6 is 0 Å². The molecule has 0 aliphatic carbocycles. The van der Waals surface area contributed by atoms with E-state index in [2.05, 4.69) is 0 Å². The van der Waals surface area contributed by atoms with E-state index in [1.54, 1.807) is 65.8 Å². The van der Waals surface area contributed by atoms with E-state index in [0.717, 1.165) is 5.56 Å². The van der Waals surface area contributed by atoms with Crippen LogP contribution in [-0.2, 0) is 26.0 Å². The fourth-order valence-corrected chi connectivity index (χ4v) is 6.24. The number of ether oxygens (including phenoxy) is 2. The minimum absolute atomic E-state index is 0.0185. The third-order valence-corrected chi connectivity index (χ3v) is 8.96. The van der Waals surface area contributed by atoms with Crippen molar-refractivity contribution in [3.05, 3.63) is 53.2 Å². The van der Waals surface area contributed by atoms with E-state index in [1.165, 1.54) is 16.1 Å². The van der Waals surface area contributed by atoms with E-state index in [4.69, 9.17) is 9.47 Å². The first-order valence-electron chi connectivity index (χ1n) is 13.4. The highest BCUT2D eigenvalue weighted by Crippen LogP contribution is 2.41. The highest BCUT2D eigenvalue weighted by Gasteiger charge is 2.33. The Morgan fingerprint density at radius 3 is 1.95 bits per heavy atom. The predicted molar refractivity (Wildman–Crippen MR) is 153 cm³/mol. The molecular formula is C31H37NO7S. The maximum atomic E-state index is 14.2. The van der Waals surface area contributed by atoms with Crippen molar-refractivity contribution in [1.29, 1.82) is 0 Å². The van der Waals surface area contributed by atoms with E-state index in [0.29, 0.717) is 16.9 Å². The number of fused-ring (bicyclic) bond motifs is 2. The molecule has 0 saturated carbocycles. The molecule has 1 aliphatic heterocycles. The SMILES string of the molecule is Cc1ccc(S(=O)(=O)n2c(CCC(=O)C(C)(C)C)c(C(=O)CCC(=O)C(C)(C)C)c3cc4c(cc32)OCO4)cc1. The van der Waals surface area contributed by atoms with Crippen molar-refractivity contribution in [2.24, 2.45) is 10.8 Å². The number of Topliss-reactive ketones (excluding diaryl/α,β-unsaturated/α-hetero) is 3. The number of aryl methyl sites for hydroxylation is 1. The van der Waals surface area contributed by atoms with Gasteiger partial charge in [-0.25, -0.2) is 12.4 Å². The number of rotatable bonds is 9.